The van der Waals surface area contributed by atoms with Gasteiger partial charge in [-0.05, 0) is 105 Å². The molecule has 0 bridgehead atoms. The second kappa shape index (κ2) is 16.7. The van der Waals surface area contributed by atoms with E-state index in [9.17, 15) is 0 Å². The fourth-order valence-corrected chi connectivity index (χ4v) is 8.42. The maximum atomic E-state index is 5.93. The normalized spacial score (nSPS) is 16.6. The van der Waals surface area contributed by atoms with Crippen LogP contribution in [0.15, 0.2) is 92.9 Å². The Bertz CT molecular complexity index is 2230. The molecule has 4 heterocycles. The standard InChI is InChI=1S/C18H23N.C18H21N.C17H21NO/c2*1-11(2)13-7-8-16-14(9-13)5-6-15-10-17(12(3)4)19-18(15)16;1-10(2)12-5-6-14-16(8-12)19-9-13-7-15(11(3)4)18-17(13)14/h7-9,11-12H,5-6,10H2,1-4H3;5-9,11-12H,10H2,1-4H3;5-6,8,10-11H,7,9H2,1-4H3. The van der Waals surface area contributed by atoms with Gasteiger partial charge in [-0.15, -0.1) is 0 Å². The van der Waals surface area contributed by atoms with Crippen LogP contribution in [0.5, 0.6) is 5.75 Å². The minimum atomic E-state index is 0.518. The molecule has 0 spiro atoms. The van der Waals surface area contributed by atoms with Crippen LogP contribution in [0.25, 0.3) is 22.2 Å². The minimum Gasteiger partial charge on any atom is -0.488 e. The van der Waals surface area contributed by atoms with Crippen LogP contribution in [-0.4, -0.2) is 23.7 Å². The van der Waals surface area contributed by atoms with Crippen molar-refractivity contribution in [3.8, 4) is 5.75 Å². The molecule has 4 aromatic rings. The van der Waals surface area contributed by atoms with Crippen LogP contribution in [-0.2, 0) is 12.8 Å². The predicted octanol–water partition coefficient (Wildman–Crippen LogP) is 14.6. The molecule has 5 aliphatic rings. The van der Waals surface area contributed by atoms with Gasteiger partial charge in [0.25, 0.3) is 0 Å². The minimum absolute atomic E-state index is 0.518. The first-order chi connectivity index (χ1) is 27.2. The summed E-state index contributed by atoms with van der Waals surface area (Å²) in [5.74, 6) is 4.35. The van der Waals surface area contributed by atoms with E-state index in [1.807, 2.05) is 0 Å². The highest BCUT2D eigenvalue weighted by Crippen LogP contribution is 2.42. The molecule has 4 aromatic carbocycles. The Morgan fingerprint density at radius 2 is 1.00 bits per heavy atom. The lowest BCUT2D eigenvalue weighted by Crippen LogP contribution is -2.11. The summed E-state index contributed by atoms with van der Waals surface area (Å²) in [6.07, 6.45) is 5.50. The fourth-order valence-electron chi connectivity index (χ4n) is 8.42. The Labute approximate surface area is 343 Å². The second-order valence-corrected chi connectivity index (χ2v) is 18.7. The molecule has 4 heteroatoms. The summed E-state index contributed by atoms with van der Waals surface area (Å²) in [5.41, 5.74) is 20.2. The number of aliphatic imine (C=N–C) groups is 3. The van der Waals surface area contributed by atoms with Crippen molar-refractivity contribution >= 4 is 45.0 Å². The van der Waals surface area contributed by atoms with Crippen molar-refractivity contribution < 1.29 is 4.74 Å². The van der Waals surface area contributed by atoms with Crippen LogP contribution in [0.1, 0.15) is 159 Å². The van der Waals surface area contributed by atoms with Gasteiger partial charge in [0.1, 0.15) is 12.4 Å². The van der Waals surface area contributed by atoms with E-state index in [2.05, 4.69) is 150 Å². The van der Waals surface area contributed by atoms with Crippen molar-refractivity contribution in [2.75, 3.05) is 6.61 Å². The molecule has 0 saturated carbocycles. The van der Waals surface area contributed by atoms with E-state index >= 15 is 0 Å². The summed E-state index contributed by atoms with van der Waals surface area (Å²) in [7, 11) is 0. The Morgan fingerprint density at radius 3 is 1.63 bits per heavy atom. The summed E-state index contributed by atoms with van der Waals surface area (Å²) in [4.78, 5) is 14.6. The van der Waals surface area contributed by atoms with E-state index in [4.69, 9.17) is 19.7 Å². The predicted molar refractivity (Wildman–Crippen MR) is 246 cm³/mol. The number of benzene rings is 4. The molecule has 9 rings (SSSR count). The van der Waals surface area contributed by atoms with Gasteiger partial charge >= 0.3 is 0 Å². The SMILES string of the molecule is CC(C)C1=NC2=C(CCc3cc(C(C)C)ccc32)C1.CC(C)C1=NC2=C(COc3cc(C(C)C)ccc32)C1.CC(C)C1=Nc2c(ccc3cc(C(C)C)ccc23)C1. The van der Waals surface area contributed by atoms with Crippen molar-refractivity contribution in [1.29, 1.82) is 0 Å². The van der Waals surface area contributed by atoms with Crippen LogP contribution in [0.3, 0.4) is 0 Å². The zero-order valence-corrected chi connectivity index (χ0v) is 36.8. The average molecular weight is 760 g/mol. The molecule has 0 aromatic heterocycles. The topological polar surface area (TPSA) is 46.3 Å². The van der Waals surface area contributed by atoms with Gasteiger partial charge < -0.3 is 4.74 Å². The Balaban J connectivity index is 0.000000131. The van der Waals surface area contributed by atoms with Crippen LogP contribution in [0.4, 0.5) is 5.69 Å². The van der Waals surface area contributed by atoms with Gasteiger partial charge in [0.15, 0.2) is 0 Å². The van der Waals surface area contributed by atoms with Crippen LogP contribution in [0, 0.1) is 17.8 Å². The van der Waals surface area contributed by atoms with Crippen molar-refractivity contribution in [3.63, 3.8) is 0 Å². The molecule has 0 saturated heterocycles. The number of hydrogen-bond donors (Lipinski definition) is 0. The number of allylic oxidation sites excluding steroid dienone is 1. The largest absolute Gasteiger partial charge is 0.488 e. The van der Waals surface area contributed by atoms with Gasteiger partial charge in [-0.1, -0.05) is 138 Å². The molecule has 0 N–H and O–H groups in total. The molecule has 57 heavy (non-hydrogen) atoms. The maximum absolute atomic E-state index is 5.93. The quantitative estimate of drug-likeness (QED) is 0.193. The van der Waals surface area contributed by atoms with Crippen LogP contribution < -0.4 is 4.74 Å². The molecule has 298 valence electrons. The van der Waals surface area contributed by atoms with Crippen molar-refractivity contribution in [3.05, 3.63) is 117 Å². The summed E-state index contributed by atoms with van der Waals surface area (Å²) in [6.45, 7) is 27.5. The van der Waals surface area contributed by atoms with E-state index < -0.39 is 0 Å². The number of rotatable bonds is 6. The Hall–Kier alpha value is -4.57. The van der Waals surface area contributed by atoms with E-state index in [1.165, 1.54) is 102 Å². The van der Waals surface area contributed by atoms with Crippen LogP contribution in [0.2, 0.25) is 0 Å². The molecule has 0 atom stereocenters. The molecule has 4 nitrogen and oxygen atoms in total. The van der Waals surface area contributed by atoms with Crippen molar-refractivity contribution in [2.24, 2.45) is 32.7 Å². The van der Waals surface area contributed by atoms with E-state index in [0.29, 0.717) is 42.1 Å². The van der Waals surface area contributed by atoms with Gasteiger partial charge in [0.2, 0.25) is 0 Å². The zero-order chi connectivity index (χ0) is 40.7. The smallest absolute Gasteiger partial charge is 0.129 e. The summed E-state index contributed by atoms with van der Waals surface area (Å²) >= 11 is 0. The first kappa shape index (κ1) is 40.6. The highest BCUT2D eigenvalue weighted by atomic mass is 16.5. The lowest BCUT2D eigenvalue weighted by molar-refractivity contribution is 0.344. The number of fused-ring (bicyclic) bond motifs is 7. The van der Waals surface area contributed by atoms with Gasteiger partial charge in [0.05, 0.1) is 17.1 Å². The molecular formula is C53H65N3O. The van der Waals surface area contributed by atoms with Gasteiger partial charge in [-0.3, -0.25) is 15.0 Å². The van der Waals surface area contributed by atoms with E-state index in [-0.39, 0.29) is 0 Å². The third-order valence-electron chi connectivity index (χ3n) is 12.4. The summed E-state index contributed by atoms with van der Waals surface area (Å²) < 4.78 is 5.93. The summed E-state index contributed by atoms with van der Waals surface area (Å²) in [5, 5.41) is 2.62. The van der Waals surface area contributed by atoms with Crippen molar-refractivity contribution in [1.82, 2.24) is 0 Å². The van der Waals surface area contributed by atoms with Gasteiger partial charge in [-0.2, -0.15) is 0 Å². The van der Waals surface area contributed by atoms with Crippen LogP contribution >= 0.6 is 0 Å². The first-order valence-electron chi connectivity index (χ1n) is 21.8. The number of nitrogens with zero attached hydrogens (tertiary/aromatic N) is 3. The van der Waals surface area contributed by atoms with Gasteiger partial charge in [0, 0.05) is 52.9 Å². The van der Waals surface area contributed by atoms with E-state index in [1.54, 1.807) is 5.57 Å². The molecule has 1 aliphatic carbocycles. The molecule has 0 fully saturated rings. The third-order valence-corrected chi connectivity index (χ3v) is 12.4. The average Bonchev–Trinajstić information content (AvgIpc) is 3.95. The molecule has 0 unspecified atom stereocenters. The number of ether oxygens (including phenoxy) is 1. The Kier molecular flexibility index (Phi) is 11.9. The molecule has 0 amide bonds. The zero-order valence-electron chi connectivity index (χ0n) is 36.8. The highest BCUT2D eigenvalue weighted by molar-refractivity contribution is 6.04. The fraction of sp³-hybridized carbons (Fsp3) is 0.453. The lowest BCUT2D eigenvalue weighted by atomic mass is 9.86. The third kappa shape index (κ3) is 8.52. The molecular weight excluding hydrogens is 695 g/mol. The maximum Gasteiger partial charge on any atom is 0.129 e. The van der Waals surface area contributed by atoms with Gasteiger partial charge in [-0.25, -0.2) is 0 Å². The Morgan fingerprint density at radius 1 is 0.456 bits per heavy atom. The molecule has 4 aliphatic heterocycles. The number of aryl methyl sites for hydroxylation is 1. The highest BCUT2D eigenvalue weighted by Gasteiger charge is 2.28. The monoisotopic (exact) mass is 760 g/mol. The van der Waals surface area contributed by atoms with E-state index in [0.717, 1.165) is 25.0 Å². The number of hydrogen-bond acceptors (Lipinski definition) is 4. The lowest BCUT2D eigenvalue weighted by Gasteiger charge is -2.20. The summed E-state index contributed by atoms with van der Waals surface area (Å²) in [6, 6.07) is 24.8. The first-order valence-corrected chi connectivity index (χ1v) is 21.8. The van der Waals surface area contributed by atoms with Crippen molar-refractivity contribution in [2.45, 2.75) is 133 Å². The second-order valence-electron chi connectivity index (χ2n) is 18.7. The molecule has 0 radical (unpaired) electrons.